The Morgan fingerprint density at radius 3 is 2.02 bits per heavy atom. The lowest BCUT2D eigenvalue weighted by molar-refractivity contribution is 0.620. The number of para-hydroxylation sites is 1. The number of oxazole rings is 1. The van der Waals surface area contributed by atoms with Crippen molar-refractivity contribution in [2.24, 2.45) is 0 Å². The van der Waals surface area contributed by atoms with Crippen LogP contribution in [0.15, 0.2) is 167 Å². The number of anilines is 3. The third-order valence-corrected chi connectivity index (χ3v) is 10.3. The van der Waals surface area contributed by atoms with Crippen LogP contribution in [0.4, 0.5) is 17.1 Å². The van der Waals surface area contributed by atoms with Crippen LogP contribution < -0.4 is 4.90 Å². The summed E-state index contributed by atoms with van der Waals surface area (Å²) < 4.78 is 15.1. The number of thiophene rings is 1. The Hall–Kier alpha value is -6.17. The maximum absolute atomic E-state index is 6.39. The number of hydrogen-bond acceptors (Lipinski definition) is 5. The van der Waals surface area contributed by atoms with Crippen LogP contribution in [0.5, 0.6) is 0 Å². The van der Waals surface area contributed by atoms with Crippen LogP contribution in [0.1, 0.15) is 0 Å². The summed E-state index contributed by atoms with van der Waals surface area (Å²) in [4.78, 5) is 7.09. The van der Waals surface area contributed by atoms with Gasteiger partial charge in [-0.05, 0) is 77.9 Å². The summed E-state index contributed by atoms with van der Waals surface area (Å²) >= 11 is 1.85. The van der Waals surface area contributed by atoms with Crippen LogP contribution >= 0.6 is 11.3 Å². The SMILES string of the molecule is c1ccc(-c2nc3cc4oc5cc(-c6ccc(N(c7ccccc7)c7cccc8c7sc7ccccc78)cc6)ccc5c4cc3o2)cc1. The molecule has 0 aliphatic heterocycles. The molecular weight excluding hydrogens is 609 g/mol. The Balaban J connectivity index is 1.03. The molecule has 0 atom stereocenters. The summed E-state index contributed by atoms with van der Waals surface area (Å²) in [5.41, 5.74) is 9.73. The molecule has 5 heteroatoms. The molecule has 0 aliphatic rings. The first-order chi connectivity index (χ1) is 23.8. The average molecular weight is 635 g/mol. The quantitative estimate of drug-likeness (QED) is 0.189. The molecular formula is C43H26N2O2S. The average Bonchev–Trinajstić information content (AvgIpc) is 3.85. The molecule has 226 valence electrons. The zero-order valence-electron chi connectivity index (χ0n) is 25.6. The predicted molar refractivity (Wildman–Crippen MR) is 200 cm³/mol. The molecule has 3 aromatic heterocycles. The third-order valence-electron chi connectivity index (χ3n) is 9.10. The highest BCUT2D eigenvalue weighted by Crippen LogP contribution is 2.45. The highest BCUT2D eigenvalue weighted by molar-refractivity contribution is 7.26. The van der Waals surface area contributed by atoms with E-state index >= 15 is 0 Å². The molecule has 0 spiro atoms. The van der Waals surface area contributed by atoms with Crippen LogP contribution in [0, 0.1) is 0 Å². The molecule has 7 aromatic carbocycles. The lowest BCUT2D eigenvalue weighted by Crippen LogP contribution is -2.09. The van der Waals surface area contributed by atoms with E-state index in [-0.39, 0.29) is 0 Å². The summed E-state index contributed by atoms with van der Waals surface area (Å²) in [7, 11) is 0. The van der Waals surface area contributed by atoms with Crippen molar-refractivity contribution >= 4 is 81.6 Å². The monoisotopic (exact) mass is 634 g/mol. The molecule has 0 aliphatic carbocycles. The first-order valence-electron chi connectivity index (χ1n) is 15.9. The van der Waals surface area contributed by atoms with E-state index in [0.29, 0.717) is 5.89 Å². The van der Waals surface area contributed by atoms with Gasteiger partial charge in [0.25, 0.3) is 0 Å². The molecule has 0 radical (unpaired) electrons. The molecule has 0 fully saturated rings. The van der Waals surface area contributed by atoms with Gasteiger partial charge in [-0.3, -0.25) is 0 Å². The van der Waals surface area contributed by atoms with Gasteiger partial charge < -0.3 is 13.7 Å². The topological polar surface area (TPSA) is 42.4 Å². The second kappa shape index (κ2) is 10.7. The predicted octanol–water partition coefficient (Wildman–Crippen LogP) is 12.9. The molecule has 48 heavy (non-hydrogen) atoms. The van der Waals surface area contributed by atoms with Crippen molar-refractivity contribution in [1.29, 1.82) is 0 Å². The Bertz CT molecular complexity index is 2780. The normalized spacial score (nSPS) is 11.8. The van der Waals surface area contributed by atoms with E-state index in [4.69, 9.17) is 13.8 Å². The largest absolute Gasteiger partial charge is 0.456 e. The van der Waals surface area contributed by atoms with Crippen molar-refractivity contribution < 1.29 is 8.83 Å². The number of aromatic nitrogens is 1. The lowest BCUT2D eigenvalue weighted by Gasteiger charge is -2.26. The van der Waals surface area contributed by atoms with E-state index in [2.05, 4.69) is 120 Å². The molecule has 4 nitrogen and oxygen atoms in total. The maximum Gasteiger partial charge on any atom is 0.227 e. The third kappa shape index (κ3) is 4.33. The van der Waals surface area contributed by atoms with Gasteiger partial charge >= 0.3 is 0 Å². The van der Waals surface area contributed by atoms with Gasteiger partial charge in [0.1, 0.15) is 16.7 Å². The Morgan fingerprint density at radius 1 is 0.458 bits per heavy atom. The number of fused-ring (bicyclic) bond motifs is 7. The van der Waals surface area contributed by atoms with Crippen LogP contribution in [-0.2, 0) is 0 Å². The van der Waals surface area contributed by atoms with Crippen molar-refractivity contribution in [3.05, 3.63) is 158 Å². The minimum atomic E-state index is 0.611. The summed E-state index contributed by atoms with van der Waals surface area (Å²) in [6.07, 6.45) is 0. The number of rotatable bonds is 5. The van der Waals surface area contributed by atoms with Crippen molar-refractivity contribution in [3.8, 4) is 22.6 Å². The summed E-state index contributed by atoms with van der Waals surface area (Å²) in [5.74, 6) is 0.611. The minimum absolute atomic E-state index is 0.611. The number of nitrogens with zero attached hydrogens (tertiary/aromatic N) is 2. The zero-order valence-corrected chi connectivity index (χ0v) is 26.4. The molecule has 0 bridgehead atoms. The fourth-order valence-corrected chi connectivity index (χ4v) is 8.00. The van der Waals surface area contributed by atoms with Crippen molar-refractivity contribution in [2.75, 3.05) is 4.90 Å². The van der Waals surface area contributed by atoms with Crippen molar-refractivity contribution in [1.82, 2.24) is 4.98 Å². The molecule has 0 unspecified atom stereocenters. The maximum atomic E-state index is 6.39. The smallest absolute Gasteiger partial charge is 0.227 e. The van der Waals surface area contributed by atoms with E-state index < -0.39 is 0 Å². The lowest BCUT2D eigenvalue weighted by atomic mass is 10.0. The molecule has 0 amide bonds. The van der Waals surface area contributed by atoms with Gasteiger partial charge in [0.15, 0.2) is 5.58 Å². The molecule has 3 heterocycles. The number of benzene rings is 7. The Labute approximate surface area is 279 Å². The van der Waals surface area contributed by atoms with Crippen LogP contribution in [0.25, 0.3) is 75.8 Å². The van der Waals surface area contributed by atoms with Crippen molar-refractivity contribution in [2.45, 2.75) is 0 Å². The van der Waals surface area contributed by atoms with Gasteiger partial charge in [-0.1, -0.05) is 84.9 Å². The van der Waals surface area contributed by atoms with Crippen LogP contribution in [0.3, 0.4) is 0 Å². The number of furan rings is 1. The molecule has 10 aromatic rings. The fourth-order valence-electron chi connectivity index (χ4n) is 6.80. The second-order valence-corrected chi connectivity index (χ2v) is 13.0. The van der Waals surface area contributed by atoms with E-state index in [1.54, 1.807) is 0 Å². The van der Waals surface area contributed by atoms with E-state index in [0.717, 1.165) is 61.1 Å². The molecule has 0 N–H and O–H groups in total. The van der Waals surface area contributed by atoms with Gasteiger partial charge in [0.2, 0.25) is 5.89 Å². The van der Waals surface area contributed by atoms with Crippen LogP contribution in [-0.4, -0.2) is 4.98 Å². The summed E-state index contributed by atoms with van der Waals surface area (Å²) in [6, 6.07) is 55.1. The van der Waals surface area contributed by atoms with Gasteiger partial charge in [0, 0.05) is 49.2 Å². The van der Waals surface area contributed by atoms with E-state index in [1.165, 1.54) is 25.9 Å². The van der Waals surface area contributed by atoms with Crippen LogP contribution in [0.2, 0.25) is 0 Å². The van der Waals surface area contributed by atoms with Crippen molar-refractivity contribution in [3.63, 3.8) is 0 Å². The van der Waals surface area contributed by atoms with Gasteiger partial charge in [-0.2, -0.15) is 0 Å². The zero-order chi connectivity index (χ0) is 31.6. The van der Waals surface area contributed by atoms with E-state index in [1.807, 2.05) is 53.8 Å². The van der Waals surface area contributed by atoms with Gasteiger partial charge in [0.05, 0.1) is 10.4 Å². The highest BCUT2D eigenvalue weighted by atomic mass is 32.1. The minimum Gasteiger partial charge on any atom is -0.456 e. The molecule has 0 saturated carbocycles. The van der Waals surface area contributed by atoms with Gasteiger partial charge in [-0.25, -0.2) is 4.98 Å². The first kappa shape index (κ1) is 27.0. The standard InChI is InChI=1S/C43H26N2O2S/c1-3-10-28(11-4-1)43-44-36-26-39-35(25-40(36)47-43)32-23-20-29(24-38(32)46-39)27-18-21-31(22-19-27)45(30-12-5-2-6-13-30)37-16-9-15-34-33-14-7-8-17-41(33)48-42(34)37/h1-26H. The molecule has 10 rings (SSSR count). The van der Waals surface area contributed by atoms with Gasteiger partial charge in [-0.15, -0.1) is 11.3 Å². The Kier molecular flexibility index (Phi) is 6.01. The fraction of sp³-hybridized carbons (Fsp3) is 0. The first-order valence-corrected chi connectivity index (χ1v) is 16.8. The molecule has 0 saturated heterocycles. The Morgan fingerprint density at radius 2 is 1.17 bits per heavy atom. The summed E-state index contributed by atoms with van der Waals surface area (Å²) in [5, 5.41) is 4.65. The number of hydrogen-bond donors (Lipinski definition) is 0. The highest BCUT2D eigenvalue weighted by Gasteiger charge is 2.19. The summed E-state index contributed by atoms with van der Waals surface area (Å²) in [6.45, 7) is 0. The second-order valence-electron chi connectivity index (χ2n) is 12.0. The van der Waals surface area contributed by atoms with E-state index in [9.17, 15) is 0 Å².